The zero-order valence-corrected chi connectivity index (χ0v) is 15.9. The first kappa shape index (κ1) is 18.9. The van der Waals surface area contributed by atoms with Crippen molar-refractivity contribution in [1.82, 2.24) is 25.6 Å². The van der Waals surface area contributed by atoms with Gasteiger partial charge in [-0.15, -0.1) is 0 Å². The van der Waals surface area contributed by atoms with Gasteiger partial charge in [0.1, 0.15) is 11.6 Å². The van der Waals surface area contributed by atoms with Crippen LogP contribution >= 0.6 is 0 Å². The van der Waals surface area contributed by atoms with Crippen LogP contribution in [0.4, 0.5) is 4.39 Å². The van der Waals surface area contributed by atoms with E-state index in [0.717, 1.165) is 16.8 Å². The number of rotatable bonds is 5. The Balaban J connectivity index is 1.37. The third-order valence-electron chi connectivity index (χ3n) is 4.87. The standard InChI is InChI=1S/C20H20FN5O3/c1-12-9-16(25-29-12)20(28)26-8-6-15-17(11-26)23-24-18(15)19(27)22-7-5-13-3-2-4-14(21)10-13/h2-4,9-10H,5-8,11H2,1H3,(H,22,27)(H,23,24). The Kier molecular flexibility index (Phi) is 5.11. The number of aryl methyl sites for hydroxylation is 1. The van der Waals surface area contributed by atoms with Gasteiger partial charge in [0.25, 0.3) is 11.8 Å². The number of nitrogens with one attached hydrogen (secondary N) is 2. The second kappa shape index (κ2) is 7.86. The van der Waals surface area contributed by atoms with Crippen molar-refractivity contribution in [3.8, 4) is 0 Å². The first-order valence-corrected chi connectivity index (χ1v) is 9.32. The molecule has 0 aliphatic carbocycles. The number of aromatic amines is 1. The molecule has 1 aliphatic heterocycles. The number of aromatic nitrogens is 3. The summed E-state index contributed by atoms with van der Waals surface area (Å²) in [5, 5.41) is 13.6. The average Bonchev–Trinajstić information content (AvgIpc) is 3.33. The predicted molar refractivity (Wildman–Crippen MR) is 101 cm³/mol. The van der Waals surface area contributed by atoms with Crippen LogP contribution in [-0.4, -0.2) is 45.2 Å². The van der Waals surface area contributed by atoms with E-state index in [1.54, 1.807) is 24.0 Å². The Bertz CT molecular complexity index is 1060. The molecule has 2 amide bonds. The van der Waals surface area contributed by atoms with Crippen molar-refractivity contribution >= 4 is 11.8 Å². The molecule has 0 atom stereocenters. The summed E-state index contributed by atoms with van der Waals surface area (Å²) >= 11 is 0. The van der Waals surface area contributed by atoms with Gasteiger partial charge in [-0.2, -0.15) is 5.10 Å². The zero-order valence-electron chi connectivity index (χ0n) is 15.9. The minimum atomic E-state index is -0.296. The molecule has 0 bridgehead atoms. The number of nitrogens with zero attached hydrogens (tertiary/aromatic N) is 3. The molecule has 2 N–H and O–H groups in total. The SMILES string of the molecule is Cc1cc(C(=O)N2CCc3c(C(=O)NCCc4cccc(F)c4)n[nH]c3C2)no1. The van der Waals surface area contributed by atoms with Crippen molar-refractivity contribution in [1.29, 1.82) is 0 Å². The highest BCUT2D eigenvalue weighted by atomic mass is 19.1. The molecule has 0 fully saturated rings. The molecule has 3 heterocycles. The lowest BCUT2D eigenvalue weighted by atomic mass is 10.0. The zero-order chi connectivity index (χ0) is 20.4. The Morgan fingerprint density at radius 1 is 1.34 bits per heavy atom. The van der Waals surface area contributed by atoms with E-state index in [9.17, 15) is 14.0 Å². The van der Waals surface area contributed by atoms with E-state index in [2.05, 4.69) is 20.7 Å². The highest BCUT2D eigenvalue weighted by Crippen LogP contribution is 2.21. The maximum atomic E-state index is 13.2. The van der Waals surface area contributed by atoms with Gasteiger partial charge < -0.3 is 14.7 Å². The first-order chi connectivity index (χ1) is 14.0. The van der Waals surface area contributed by atoms with Gasteiger partial charge in [0.15, 0.2) is 11.4 Å². The topological polar surface area (TPSA) is 104 Å². The molecule has 3 aromatic rings. The molecule has 150 valence electrons. The summed E-state index contributed by atoms with van der Waals surface area (Å²) in [5.41, 5.74) is 2.96. The second-order valence-corrected chi connectivity index (χ2v) is 6.96. The minimum absolute atomic E-state index is 0.219. The van der Waals surface area contributed by atoms with Crippen LogP contribution in [0.5, 0.6) is 0 Å². The lowest BCUT2D eigenvalue weighted by molar-refractivity contribution is 0.0722. The molecule has 0 radical (unpaired) electrons. The third kappa shape index (κ3) is 4.03. The van der Waals surface area contributed by atoms with Gasteiger partial charge in [-0.3, -0.25) is 14.7 Å². The van der Waals surface area contributed by atoms with Gasteiger partial charge in [0.05, 0.1) is 12.2 Å². The van der Waals surface area contributed by atoms with E-state index >= 15 is 0 Å². The monoisotopic (exact) mass is 397 g/mol. The molecule has 8 nitrogen and oxygen atoms in total. The summed E-state index contributed by atoms with van der Waals surface area (Å²) in [6.45, 7) is 2.89. The van der Waals surface area contributed by atoms with Gasteiger partial charge in [0, 0.05) is 24.7 Å². The number of amides is 2. The number of halogens is 1. The van der Waals surface area contributed by atoms with Crippen LogP contribution in [0, 0.1) is 12.7 Å². The van der Waals surface area contributed by atoms with Crippen LogP contribution in [0.3, 0.4) is 0 Å². The highest BCUT2D eigenvalue weighted by molar-refractivity contribution is 5.95. The van der Waals surface area contributed by atoms with Gasteiger partial charge in [-0.25, -0.2) is 4.39 Å². The number of carbonyl (C=O) groups excluding carboxylic acids is 2. The highest BCUT2D eigenvalue weighted by Gasteiger charge is 2.29. The molecule has 0 saturated carbocycles. The number of hydrogen-bond acceptors (Lipinski definition) is 5. The summed E-state index contributed by atoms with van der Waals surface area (Å²) in [6, 6.07) is 7.89. The van der Waals surface area contributed by atoms with E-state index in [4.69, 9.17) is 4.52 Å². The number of fused-ring (bicyclic) bond motifs is 1. The molecule has 1 aromatic carbocycles. The predicted octanol–water partition coefficient (Wildman–Crippen LogP) is 2.02. The summed E-state index contributed by atoms with van der Waals surface area (Å²) in [4.78, 5) is 26.7. The van der Waals surface area contributed by atoms with Crippen LogP contribution in [-0.2, 0) is 19.4 Å². The molecule has 4 rings (SSSR count). The van der Waals surface area contributed by atoms with Crippen molar-refractivity contribution < 1.29 is 18.5 Å². The van der Waals surface area contributed by atoms with E-state index < -0.39 is 0 Å². The number of hydrogen-bond donors (Lipinski definition) is 2. The van der Waals surface area contributed by atoms with E-state index in [1.165, 1.54) is 12.1 Å². The first-order valence-electron chi connectivity index (χ1n) is 9.32. The maximum absolute atomic E-state index is 13.2. The fourth-order valence-corrected chi connectivity index (χ4v) is 3.40. The van der Waals surface area contributed by atoms with Gasteiger partial charge >= 0.3 is 0 Å². The molecule has 29 heavy (non-hydrogen) atoms. The van der Waals surface area contributed by atoms with Crippen molar-refractivity contribution in [2.24, 2.45) is 0 Å². The summed E-state index contributed by atoms with van der Waals surface area (Å²) in [7, 11) is 0. The number of benzene rings is 1. The van der Waals surface area contributed by atoms with Crippen molar-refractivity contribution in [3.05, 3.63) is 70.1 Å². The molecule has 9 heteroatoms. The smallest absolute Gasteiger partial charge is 0.276 e. The van der Waals surface area contributed by atoms with Gasteiger partial charge in [-0.05, 0) is 37.5 Å². The van der Waals surface area contributed by atoms with Crippen LogP contribution in [0.25, 0.3) is 0 Å². The summed E-state index contributed by atoms with van der Waals surface area (Å²) in [6.07, 6.45) is 1.04. The molecular formula is C20H20FN5O3. The molecule has 0 unspecified atom stereocenters. The molecule has 2 aromatic heterocycles. The van der Waals surface area contributed by atoms with E-state index in [1.807, 2.05) is 6.07 Å². The molecule has 0 spiro atoms. The summed E-state index contributed by atoms with van der Waals surface area (Å²) < 4.78 is 18.2. The van der Waals surface area contributed by atoms with Gasteiger partial charge in [0.2, 0.25) is 0 Å². The van der Waals surface area contributed by atoms with Crippen molar-refractivity contribution in [3.63, 3.8) is 0 Å². The Morgan fingerprint density at radius 3 is 2.97 bits per heavy atom. The second-order valence-electron chi connectivity index (χ2n) is 6.96. The van der Waals surface area contributed by atoms with Crippen molar-refractivity contribution in [2.75, 3.05) is 13.1 Å². The fourth-order valence-electron chi connectivity index (χ4n) is 3.40. The normalized spacial score (nSPS) is 13.2. The number of H-pyrrole nitrogens is 1. The number of carbonyl (C=O) groups is 2. The van der Waals surface area contributed by atoms with Crippen molar-refractivity contribution in [2.45, 2.75) is 26.3 Å². The van der Waals surface area contributed by atoms with E-state index in [0.29, 0.717) is 43.9 Å². The molecular weight excluding hydrogens is 377 g/mol. The van der Waals surface area contributed by atoms with Crippen LogP contribution in [0.2, 0.25) is 0 Å². The average molecular weight is 397 g/mol. The Labute approximate surface area is 166 Å². The molecule has 1 aliphatic rings. The summed E-state index contributed by atoms with van der Waals surface area (Å²) in [5.74, 6) is -0.228. The van der Waals surface area contributed by atoms with Crippen LogP contribution in [0.1, 0.15) is 43.6 Å². The maximum Gasteiger partial charge on any atom is 0.276 e. The molecule has 0 saturated heterocycles. The van der Waals surface area contributed by atoms with Crippen LogP contribution in [0.15, 0.2) is 34.9 Å². The third-order valence-corrected chi connectivity index (χ3v) is 4.87. The van der Waals surface area contributed by atoms with Gasteiger partial charge in [-0.1, -0.05) is 17.3 Å². The minimum Gasteiger partial charge on any atom is -0.361 e. The largest absolute Gasteiger partial charge is 0.361 e. The lowest BCUT2D eigenvalue weighted by Gasteiger charge is -2.25. The Morgan fingerprint density at radius 2 is 2.21 bits per heavy atom. The lowest BCUT2D eigenvalue weighted by Crippen LogP contribution is -2.36. The Hall–Kier alpha value is -3.49. The fraction of sp³-hybridized carbons (Fsp3) is 0.300. The quantitative estimate of drug-likeness (QED) is 0.685. The van der Waals surface area contributed by atoms with Crippen LogP contribution < -0.4 is 5.32 Å². The van der Waals surface area contributed by atoms with E-state index in [-0.39, 0.29) is 23.3 Å².